The Kier molecular flexibility index (Phi) is 4.42. The molecule has 5 atom stereocenters. The Morgan fingerprint density at radius 1 is 1.12 bits per heavy atom. The van der Waals surface area contributed by atoms with Crippen LogP contribution in [0.1, 0.15) is 33.6 Å². The van der Waals surface area contributed by atoms with E-state index >= 15 is 0 Å². The van der Waals surface area contributed by atoms with Crippen molar-refractivity contribution in [1.82, 2.24) is 5.43 Å². The van der Waals surface area contributed by atoms with Gasteiger partial charge in [0.15, 0.2) is 0 Å². The molecular formula is C13H26N2O2. The molecule has 100 valence electrons. The van der Waals surface area contributed by atoms with E-state index in [0.29, 0.717) is 36.0 Å². The van der Waals surface area contributed by atoms with E-state index in [1.165, 1.54) is 0 Å². The minimum Gasteiger partial charge on any atom is -0.381 e. The normalized spacial score (nSPS) is 41.6. The van der Waals surface area contributed by atoms with Gasteiger partial charge in [-0.25, -0.2) is 0 Å². The molecular weight excluding hydrogens is 216 g/mol. The smallest absolute Gasteiger partial charge is 0.0597 e. The summed E-state index contributed by atoms with van der Waals surface area (Å²) in [7, 11) is 0. The highest BCUT2D eigenvalue weighted by atomic mass is 16.5. The number of hydrogen-bond acceptors (Lipinski definition) is 4. The van der Waals surface area contributed by atoms with Gasteiger partial charge in [0.05, 0.1) is 12.2 Å². The Balaban J connectivity index is 2.06. The topological polar surface area (TPSA) is 56.5 Å². The van der Waals surface area contributed by atoms with E-state index in [0.717, 1.165) is 26.1 Å². The van der Waals surface area contributed by atoms with Crippen LogP contribution in [0.5, 0.6) is 0 Å². The lowest BCUT2D eigenvalue weighted by Gasteiger charge is -2.36. The van der Waals surface area contributed by atoms with Crippen molar-refractivity contribution in [3.05, 3.63) is 0 Å². The van der Waals surface area contributed by atoms with Crippen LogP contribution in [0.2, 0.25) is 0 Å². The van der Waals surface area contributed by atoms with Crippen LogP contribution in [-0.4, -0.2) is 31.5 Å². The minimum atomic E-state index is 0.295. The van der Waals surface area contributed by atoms with E-state index < -0.39 is 0 Å². The number of nitrogens with one attached hydrogen (secondary N) is 1. The third-order valence-electron chi connectivity index (χ3n) is 4.70. The largest absolute Gasteiger partial charge is 0.381 e. The SMILES string of the molecule is CC1OC(C)C(C(NN)C2CCOCC2)C1C. The molecule has 2 rings (SSSR count). The van der Waals surface area contributed by atoms with Crippen molar-refractivity contribution in [2.24, 2.45) is 23.6 Å². The summed E-state index contributed by atoms with van der Waals surface area (Å²) in [6, 6.07) is 0.355. The second-order valence-corrected chi connectivity index (χ2v) is 5.63. The van der Waals surface area contributed by atoms with E-state index in [-0.39, 0.29) is 0 Å². The fraction of sp³-hybridized carbons (Fsp3) is 1.00. The number of nitrogens with two attached hydrogens (primary N) is 1. The summed E-state index contributed by atoms with van der Waals surface area (Å²) in [6.07, 6.45) is 2.85. The fourth-order valence-corrected chi connectivity index (χ4v) is 3.55. The molecule has 0 aromatic rings. The molecule has 0 bridgehead atoms. The fourth-order valence-electron chi connectivity index (χ4n) is 3.55. The zero-order valence-electron chi connectivity index (χ0n) is 11.2. The van der Waals surface area contributed by atoms with Gasteiger partial charge in [-0.2, -0.15) is 0 Å². The Labute approximate surface area is 104 Å². The van der Waals surface area contributed by atoms with Crippen molar-refractivity contribution in [2.75, 3.05) is 13.2 Å². The molecule has 0 spiro atoms. The zero-order chi connectivity index (χ0) is 12.4. The summed E-state index contributed by atoms with van der Waals surface area (Å²) in [5.41, 5.74) is 3.06. The van der Waals surface area contributed by atoms with E-state index in [1.54, 1.807) is 0 Å². The Bertz CT molecular complexity index is 244. The molecule has 0 aromatic carbocycles. The lowest BCUT2D eigenvalue weighted by atomic mass is 9.76. The molecule has 4 nitrogen and oxygen atoms in total. The molecule has 2 aliphatic heterocycles. The van der Waals surface area contributed by atoms with Crippen molar-refractivity contribution < 1.29 is 9.47 Å². The lowest BCUT2D eigenvalue weighted by Crippen LogP contribution is -2.51. The molecule has 4 heteroatoms. The maximum Gasteiger partial charge on any atom is 0.0597 e. The summed E-state index contributed by atoms with van der Waals surface area (Å²) < 4.78 is 11.4. The van der Waals surface area contributed by atoms with Gasteiger partial charge in [0.25, 0.3) is 0 Å². The van der Waals surface area contributed by atoms with Gasteiger partial charge in [0, 0.05) is 25.2 Å². The Hall–Kier alpha value is -0.160. The Morgan fingerprint density at radius 2 is 1.76 bits per heavy atom. The number of rotatable bonds is 3. The van der Waals surface area contributed by atoms with E-state index in [2.05, 4.69) is 26.2 Å². The molecule has 0 aromatic heterocycles. The molecule has 17 heavy (non-hydrogen) atoms. The van der Waals surface area contributed by atoms with Crippen molar-refractivity contribution in [1.29, 1.82) is 0 Å². The van der Waals surface area contributed by atoms with E-state index in [1.807, 2.05) is 0 Å². The monoisotopic (exact) mass is 242 g/mol. The standard InChI is InChI=1S/C13H26N2O2/c1-8-9(2)17-10(3)12(8)13(15-14)11-4-6-16-7-5-11/h8-13,15H,4-7,14H2,1-3H3. The van der Waals surface area contributed by atoms with Gasteiger partial charge in [0.1, 0.15) is 0 Å². The lowest BCUT2D eigenvalue weighted by molar-refractivity contribution is 0.0227. The second-order valence-electron chi connectivity index (χ2n) is 5.63. The first kappa shape index (κ1) is 13.3. The molecule has 0 amide bonds. The summed E-state index contributed by atoms with van der Waals surface area (Å²) in [6.45, 7) is 8.36. The molecule has 2 fully saturated rings. The van der Waals surface area contributed by atoms with Gasteiger partial charge in [-0.05, 0) is 38.5 Å². The third-order valence-corrected chi connectivity index (χ3v) is 4.70. The third kappa shape index (κ3) is 2.65. The molecule has 3 N–H and O–H groups in total. The highest BCUT2D eigenvalue weighted by Gasteiger charge is 2.44. The number of hydrogen-bond donors (Lipinski definition) is 2. The average Bonchev–Trinajstić information content (AvgIpc) is 2.58. The highest BCUT2D eigenvalue weighted by molar-refractivity contribution is 4.94. The molecule has 2 aliphatic rings. The van der Waals surface area contributed by atoms with E-state index in [9.17, 15) is 0 Å². The van der Waals surface area contributed by atoms with E-state index in [4.69, 9.17) is 15.3 Å². The van der Waals surface area contributed by atoms with Crippen LogP contribution >= 0.6 is 0 Å². The van der Waals surface area contributed by atoms with Gasteiger partial charge in [-0.15, -0.1) is 0 Å². The minimum absolute atomic E-state index is 0.295. The van der Waals surface area contributed by atoms with Gasteiger partial charge < -0.3 is 9.47 Å². The van der Waals surface area contributed by atoms with Crippen LogP contribution in [0.3, 0.4) is 0 Å². The van der Waals surface area contributed by atoms with Gasteiger partial charge in [-0.3, -0.25) is 11.3 Å². The summed E-state index contributed by atoms with van der Waals surface area (Å²) >= 11 is 0. The van der Waals surface area contributed by atoms with Crippen LogP contribution in [0.25, 0.3) is 0 Å². The first-order chi connectivity index (χ1) is 8.15. The summed E-state index contributed by atoms with van der Waals surface area (Å²) in [5.74, 6) is 7.51. The summed E-state index contributed by atoms with van der Waals surface area (Å²) in [4.78, 5) is 0. The van der Waals surface area contributed by atoms with Gasteiger partial charge in [0.2, 0.25) is 0 Å². The quantitative estimate of drug-likeness (QED) is 0.578. The molecule has 2 saturated heterocycles. The summed E-state index contributed by atoms with van der Waals surface area (Å²) in [5, 5.41) is 0. The second kappa shape index (κ2) is 5.65. The Morgan fingerprint density at radius 3 is 2.24 bits per heavy atom. The predicted molar refractivity (Wildman–Crippen MR) is 67.3 cm³/mol. The first-order valence-corrected chi connectivity index (χ1v) is 6.84. The zero-order valence-corrected chi connectivity index (χ0v) is 11.2. The molecule has 2 heterocycles. The van der Waals surface area contributed by atoms with Crippen molar-refractivity contribution in [3.8, 4) is 0 Å². The highest BCUT2D eigenvalue weighted by Crippen LogP contribution is 2.38. The van der Waals surface area contributed by atoms with Crippen LogP contribution in [0, 0.1) is 17.8 Å². The predicted octanol–water partition coefficient (Wildman–Crippen LogP) is 1.30. The van der Waals surface area contributed by atoms with Crippen LogP contribution in [0.15, 0.2) is 0 Å². The van der Waals surface area contributed by atoms with Crippen LogP contribution in [-0.2, 0) is 9.47 Å². The maximum atomic E-state index is 5.93. The maximum absolute atomic E-state index is 5.93. The van der Waals surface area contributed by atoms with Gasteiger partial charge >= 0.3 is 0 Å². The molecule has 0 aliphatic carbocycles. The number of hydrazine groups is 1. The number of ether oxygens (including phenoxy) is 2. The van der Waals surface area contributed by atoms with Crippen molar-refractivity contribution in [3.63, 3.8) is 0 Å². The molecule has 5 unspecified atom stereocenters. The van der Waals surface area contributed by atoms with Crippen LogP contribution < -0.4 is 11.3 Å². The van der Waals surface area contributed by atoms with Crippen molar-refractivity contribution in [2.45, 2.75) is 51.9 Å². The van der Waals surface area contributed by atoms with Crippen molar-refractivity contribution >= 4 is 0 Å². The average molecular weight is 242 g/mol. The molecule has 0 saturated carbocycles. The van der Waals surface area contributed by atoms with Gasteiger partial charge in [-0.1, -0.05) is 6.92 Å². The molecule has 0 radical (unpaired) electrons. The first-order valence-electron chi connectivity index (χ1n) is 6.84. The van der Waals surface area contributed by atoms with Crippen LogP contribution in [0.4, 0.5) is 0 Å².